The van der Waals surface area contributed by atoms with E-state index in [1.807, 2.05) is 0 Å². The first-order chi connectivity index (χ1) is 8.62. The van der Waals surface area contributed by atoms with Gasteiger partial charge in [0.1, 0.15) is 12.4 Å². The molecule has 1 aliphatic heterocycles. The van der Waals surface area contributed by atoms with E-state index in [-0.39, 0.29) is 0 Å². The normalized spacial score (nSPS) is 13.8. The highest BCUT2D eigenvalue weighted by atomic mass is 15.3. The van der Waals surface area contributed by atoms with E-state index in [1.54, 1.807) is 0 Å². The summed E-state index contributed by atoms with van der Waals surface area (Å²) in [6.45, 7) is 13.0. The van der Waals surface area contributed by atoms with Gasteiger partial charge in [-0.25, -0.2) is 9.13 Å². The lowest BCUT2D eigenvalue weighted by molar-refractivity contribution is -0.677. The second-order valence-corrected chi connectivity index (χ2v) is 4.49. The van der Waals surface area contributed by atoms with Gasteiger partial charge >= 0.3 is 0 Å². The van der Waals surface area contributed by atoms with E-state index in [9.17, 15) is 0 Å². The molecule has 0 N–H and O–H groups in total. The average Bonchev–Trinajstić information content (AvgIpc) is 2.98. The van der Waals surface area contributed by atoms with Crippen molar-refractivity contribution >= 4 is 0 Å². The number of hydrogen-bond donors (Lipinski definition) is 0. The highest BCUT2D eigenvalue weighted by molar-refractivity contribution is 4.88. The standard InChI is InChI=1S/C7H13N2.C7H14N2/c1-4-9-6-5-8(3)7(9)2;1-3-8-5-6-9(4-2)7-8/h5-6H,4H2,1-3H3;5-6H,3-4,7H2,1-2H3/q+1;. The van der Waals surface area contributed by atoms with Crippen LogP contribution in [-0.4, -0.2) is 34.1 Å². The first-order valence-corrected chi connectivity index (χ1v) is 6.80. The monoisotopic (exact) mass is 251 g/mol. The Kier molecular flexibility index (Phi) is 5.75. The van der Waals surface area contributed by atoms with Crippen LogP contribution in [0, 0.1) is 6.92 Å². The van der Waals surface area contributed by atoms with Crippen molar-refractivity contribution < 1.29 is 4.57 Å². The summed E-state index contributed by atoms with van der Waals surface area (Å²) < 4.78 is 4.32. The first kappa shape index (κ1) is 14.6. The van der Waals surface area contributed by atoms with E-state index in [0.717, 1.165) is 26.3 Å². The molecule has 4 nitrogen and oxygen atoms in total. The summed E-state index contributed by atoms with van der Waals surface area (Å²) in [6, 6.07) is 0. The topological polar surface area (TPSA) is 15.3 Å². The molecule has 1 aromatic rings. The SMILES string of the molecule is CCN1C=CN(CC)C1.CCn1cc[n+](C)c1C. The smallest absolute Gasteiger partial charge is 0.252 e. The molecule has 2 rings (SSSR count). The highest BCUT2D eigenvalue weighted by Gasteiger charge is 2.06. The van der Waals surface area contributed by atoms with Gasteiger partial charge in [0.25, 0.3) is 5.82 Å². The fourth-order valence-electron chi connectivity index (χ4n) is 1.86. The highest BCUT2D eigenvalue weighted by Crippen LogP contribution is 2.03. The molecule has 2 heterocycles. The lowest BCUT2D eigenvalue weighted by atomic mass is 10.6. The molecular weight excluding hydrogens is 224 g/mol. The first-order valence-electron chi connectivity index (χ1n) is 6.80. The number of imidazole rings is 1. The van der Waals surface area contributed by atoms with Crippen LogP contribution >= 0.6 is 0 Å². The molecule has 0 bridgehead atoms. The Morgan fingerprint density at radius 2 is 1.61 bits per heavy atom. The Balaban J connectivity index is 0.000000180. The molecule has 0 unspecified atom stereocenters. The maximum Gasteiger partial charge on any atom is 0.252 e. The van der Waals surface area contributed by atoms with Crippen LogP contribution in [0.5, 0.6) is 0 Å². The lowest BCUT2D eigenvalue weighted by Gasteiger charge is -2.17. The molecule has 1 aromatic heterocycles. The predicted octanol–water partition coefficient (Wildman–Crippen LogP) is 1.71. The zero-order valence-corrected chi connectivity index (χ0v) is 12.4. The van der Waals surface area contributed by atoms with Gasteiger partial charge in [-0.3, -0.25) is 0 Å². The van der Waals surface area contributed by atoms with Gasteiger partial charge in [-0.15, -0.1) is 0 Å². The Bertz CT molecular complexity index is 369. The average molecular weight is 251 g/mol. The van der Waals surface area contributed by atoms with Crippen molar-refractivity contribution in [1.82, 2.24) is 14.4 Å². The predicted molar refractivity (Wildman–Crippen MR) is 74.8 cm³/mol. The van der Waals surface area contributed by atoms with Crippen LogP contribution in [0.3, 0.4) is 0 Å². The van der Waals surface area contributed by atoms with Gasteiger partial charge in [-0.05, 0) is 20.8 Å². The van der Waals surface area contributed by atoms with E-state index in [2.05, 4.69) is 78.5 Å². The summed E-state index contributed by atoms with van der Waals surface area (Å²) in [7, 11) is 2.06. The zero-order chi connectivity index (χ0) is 13.5. The van der Waals surface area contributed by atoms with E-state index in [0.29, 0.717) is 0 Å². The minimum atomic E-state index is 1.06. The molecule has 0 atom stereocenters. The Labute approximate surface area is 111 Å². The van der Waals surface area contributed by atoms with Gasteiger partial charge in [-0.2, -0.15) is 0 Å². The molecule has 0 spiro atoms. The van der Waals surface area contributed by atoms with Crippen LogP contribution in [0.1, 0.15) is 26.6 Å². The maximum absolute atomic E-state index is 2.28. The fourth-order valence-corrected chi connectivity index (χ4v) is 1.86. The van der Waals surface area contributed by atoms with Crippen LogP contribution in [0.2, 0.25) is 0 Å². The van der Waals surface area contributed by atoms with Crippen molar-refractivity contribution in [3.63, 3.8) is 0 Å². The quantitative estimate of drug-likeness (QED) is 0.760. The summed E-state index contributed by atoms with van der Waals surface area (Å²) >= 11 is 0. The van der Waals surface area contributed by atoms with Gasteiger partial charge in [0.2, 0.25) is 0 Å². The molecule has 0 saturated carbocycles. The second kappa shape index (κ2) is 7.09. The number of hydrogen-bond acceptors (Lipinski definition) is 2. The molecule has 0 radical (unpaired) electrons. The minimum absolute atomic E-state index is 1.06. The van der Waals surface area contributed by atoms with Gasteiger partial charge in [0.05, 0.1) is 20.3 Å². The molecule has 0 saturated heterocycles. The summed E-state index contributed by atoms with van der Waals surface area (Å²) in [4.78, 5) is 4.56. The van der Waals surface area contributed by atoms with Crippen molar-refractivity contribution in [2.24, 2.45) is 7.05 Å². The third-order valence-electron chi connectivity index (χ3n) is 3.40. The number of aryl methyl sites for hydroxylation is 2. The number of nitrogens with zero attached hydrogens (tertiary/aromatic N) is 4. The van der Waals surface area contributed by atoms with Crippen molar-refractivity contribution in [3.8, 4) is 0 Å². The van der Waals surface area contributed by atoms with Crippen LogP contribution < -0.4 is 4.57 Å². The van der Waals surface area contributed by atoms with Crippen LogP contribution in [0.4, 0.5) is 0 Å². The number of aromatic nitrogens is 2. The molecule has 0 aliphatic carbocycles. The molecule has 18 heavy (non-hydrogen) atoms. The molecule has 0 amide bonds. The van der Waals surface area contributed by atoms with Gasteiger partial charge in [-0.1, -0.05) is 0 Å². The molecule has 102 valence electrons. The van der Waals surface area contributed by atoms with Gasteiger partial charge < -0.3 is 9.80 Å². The molecular formula is C14H27N4+. The fraction of sp³-hybridized carbons (Fsp3) is 0.643. The summed E-state index contributed by atoms with van der Waals surface area (Å²) in [6.07, 6.45) is 8.45. The minimum Gasteiger partial charge on any atom is -0.359 e. The zero-order valence-electron chi connectivity index (χ0n) is 12.4. The van der Waals surface area contributed by atoms with Crippen molar-refractivity contribution in [3.05, 3.63) is 30.6 Å². The van der Waals surface area contributed by atoms with E-state index >= 15 is 0 Å². The Hall–Kier alpha value is -1.45. The van der Waals surface area contributed by atoms with Crippen molar-refractivity contribution in [1.29, 1.82) is 0 Å². The van der Waals surface area contributed by atoms with Crippen LogP contribution in [0.25, 0.3) is 0 Å². The van der Waals surface area contributed by atoms with E-state index in [1.165, 1.54) is 5.82 Å². The van der Waals surface area contributed by atoms with Crippen molar-refractivity contribution in [2.45, 2.75) is 34.2 Å². The van der Waals surface area contributed by atoms with Gasteiger partial charge in [0.15, 0.2) is 0 Å². The third-order valence-corrected chi connectivity index (χ3v) is 3.40. The van der Waals surface area contributed by atoms with Gasteiger partial charge in [0, 0.05) is 32.4 Å². The number of rotatable bonds is 3. The van der Waals surface area contributed by atoms with Crippen LogP contribution in [0.15, 0.2) is 24.8 Å². The van der Waals surface area contributed by atoms with E-state index < -0.39 is 0 Å². The summed E-state index contributed by atoms with van der Waals surface area (Å²) in [5.41, 5.74) is 0. The maximum atomic E-state index is 2.28. The summed E-state index contributed by atoms with van der Waals surface area (Å²) in [5.74, 6) is 1.30. The van der Waals surface area contributed by atoms with E-state index in [4.69, 9.17) is 0 Å². The molecule has 0 aromatic carbocycles. The third kappa shape index (κ3) is 3.79. The van der Waals surface area contributed by atoms with Crippen LogP contribution in [-0.2, 0) is 13.6 Å². The molecule has 0 fully saturated rings. The second-order valence-electron chi connectivity index (χ2n) is 4.49. The Morgan fingerprint density at radius 3 is 1.83 bits per heavy atom. The Morgan fingerprint density at radius 1 is 1.06 bits per heavy atom. The summed E-state index contributed by atoms with van der Waals surface area (Å²) in [5, 5.41) is 0. The van der Waals surface area contributed by atoms with Crippen molar-refractivity contribution in [2.75, 3.05) is 19.8 Å². The lowest BCUT2D eigenvalue weighted by Crippen LogP contribution is -2.29. The largest absolute Gasteiger partial charge is 0.359 e. The molecule has 1 aliphatic rings. The molecule has 4 heteroatoms.